The number of carbonyl (C=O) groups excluding carboxylic acids is 2. The van der Waals surface area contributed by atoms with E-state index < -0.39 is 15.1 Å². The van der Waals surface area contributed by atoms with E-state index in [1.54, 1.807) is 26.1 Å². The lowest BCUT2D eigenvalue weighted by atomic mass is 10.3. The Morgan fingerprint density at radius 3 is 2.30 bits per heavy atom. The number of carbonyl (C=O) groups is 2. The van der Waals surface area contributed by atoms with Gasteiger partial charge in [0.15, 0.2) is 0 Å². The molecular formula is C16H16Cl2N2O5S2. The van der Waals surface area contributed by atoms with Gasteiger partial charge in [0.2, 0.25) is 0 Å². The third-order valence-electron chi connectivity index (χ3n) is 3.42. The fourth-order valence-corrected chi connectivity index (χ4v) is 3.92. The number of ether oxygens (including phenoxy) is 1. The molecule has 11 heteroatoms. The predicted molar refractivity (Wildman–Crippen MR) is 105 cm³/mol. The number of anilines is 1. The number of cyclic esters (lactones) is 1. The van der Waals surface area contributed by atoms with Gasteiger partial charge in [-0.1, -0.05) is 11.6 Å². The molecule has 1 N–H and O–H groups in total. The van der Waals surface area contributed by atoms with Crippen molar-refractivity contribution < 1.29 is 22.7 Å². The molecule has 2 aromatic rings. The summed E-state index contributed by atoms with van der Waals surface area (Å²) in [5.74, 6) is -0.0862. The number of rotatable bonds is 3. The maximum atomic E-state index is 11.4. The Morgan fingerprint density at radius 2 is 1.89 bits per heavy atom. The molecule has 0 aliphatic carbocycles. The predicted octanol–water partition coefficient (Wildman–Crippen LogP) is 3.72. The van der Waals surface area contributed by atoms with Crippen LogP contribution in [0.3, 0.4) is 0 Å². The van der Waals surface area contributed by atoms with Gasteiger partial charge in [-0.05, 0) is 43.3 Å². The van der Waals surface area contributed by atoms with Crippen molar-refractivity contribution in [1.29, 1.82) is 0 Å². The molecule has 27 heavy (non-hydrogen) atoms. The minimum atomic E-state index is -3.73. The zero-order chi connectivity index (χ0) is 20.2. The van der Waals surface area contributed by atoms with E-state index in [1.807, 2.05) is 0 Å². The third-order valence-corrected chi connectivity index (χ3v) is 6.02. The molecule has 0 bridgehead atoms. The van der Waals surface area contributed by atoms with Gasteiger partial charge in [-0.15, -0.1) is 11.3 Å². The van der Waals surface area contributed by atoms with Gasteiger partial charge < -0.3 is 10.1 Å². The van der Waals surface area contributed by atoms with Crippen LogP contribution < -0.4 is 10.2 Å². The van der Waals surface area contributed by atoms with Gasteiger partial charge in [0.05, 0.1) is 20.7 Å². The lowest BCUT2D eigenvalue weighted by Crippen LogP contribution is -2.23. The molecule has 146 valence electrons. The van der Waals surface area contributed by atoms with Crippen LogP contribution in [0.15, 0.2) is 41.3 Å². The number of halogens is 2. The first-order valence-corrected chi connectivity index (χ1v) is 11.1. The second-order valence-corrected chi connectivity index (χ2v) is 9.70. The average Bonchev–Trinajstić information content (AvgIpc) is 3.19. The molecule has 1 unspecified atom stereocenters. The summed E-state index contributed by atoms with van der Waals surface area (Å²) in [5, 5.41) is 2.51. The van der Waals surface area contributed by atoms with Crippen molar-refractivity contribution in [2.45, 2.75) is 17.9 Å². The Balaban J connectivity index is 0.000000223. The molecule has 3 rings (SSSR count). The minimum Gasteiger partial charge on any atom is -0.444 e. The number of amides is 2. The van der Waals surface area contributed by atoms with E-state index >= 15 is 0 Å². The number of thiophene rings is 1. The maximum Gasteiger partial charge on any atom is 0.414 e. The fraction of sp³-hybridized carbons (Fsp3) is 0.250. The van der Waals surface area contributed by atoms with Gasteiger partial charge in [-0.25, -0.2) is 13.2 Å². The van der Waals surface area contributed by atoms with Crippen molar-refractivity contribution in [2.75, 3.05) is 18.5 Å². The topological polar surface area (TPSA) is 92.8 Å². The van der Waals surface area contributed by atoms with Gasteiger partial charge in [-0.2, -0.15) is 0 Å². The molecule has 1 fully saturated rings. The minimum absolute atomic E-state index is 0.00327. The molecule has 0 saturated carbocycles. The largest absolute Gasteiger partial charge is 0.444 e. The van der Waals surface area contributed by atoms with Crippen LogP contribution in [0.4, 0.5) is 10.5 Å². The van der Waals surface area contributed by atoms with Crippen LogP contribution in [0.25, 0.3) is 0 Å². The highest BCUT2D eigenvalue weighted by Gasteiger charge is 2.29. The molecule has 1 aromatic carbocycles. The van der Waals surface area contributed by atoms with Crippen molar-refractivity contribution in [1.82, 2.24) is 5.32 Å². The van der Waals surface area contributed by atoms with E-state index in [2.05, 4.69) is 5.32 Å². The van der Waals surface area contributed by atoms with Crippen molar-refractivity contribution in [3.63, 3.8) is 0 Å². The maximum absolute atomic E-state index is 11.4. The highest BCUT2D eigenvalue weighted by Crippen LogP contribution is 2.24. The summed E-state index contributed by atoms with van der Waals surface area (Å²) in [6.07, 6.45) is -0.599. The quantitative estimate of drug-likeness (QED) is 0.719. The van der Waals surface area contributed by atoms with E-state index in [1.165, 1.54) is 40.5 Å². The molecule has 7 nitrogen and oxygen atoms in total. The third kappa shape index (κ3) is 5.83. The molecule has 2 heterocycles. The number of hydrogen-bond donors (Lipinski definition) is 1. The number of benzene rings is 1. The smallest absolute Gasteiger partial charge is 0.414 e. The van der Waals surface area contributed by atoms with E-state index in [-0.39, 0.29) is 16.9 Å². The lowest BCUT2D eigenvalue weighted by molar-refractivity contribution is 0.0967. The summed E-state index contributed by atoms with van der Waals surface area (Å²) in [6.45, 7) is 2.24. The van der Waals surface area contributed by atoms with E-state index in [4.69, 9.17) is 27.0 Å². The first-order chi connectivity index (χ1) is 12.6. The summed E-state index contributed by atoms with van der Waals surface area (Å²) in [7, 11) is 3.05. The fourth-order valence-electron chi connectivity index (χ4n) is 2.16. The van der Waals surface area contributed by atoms with Crippen LogP contribution in [0, 0.1) is 0 Å². The Kier molecular flexibility index (Phi) is 7.10. The zero-order valence-electron chi connectivity index (χ0n) is 14.3. The van der Waals surface area contributed by atoms with Crippen molar-refractivity contribution in [3.8, 4) is 0 Å². The van der Waals surface area contributed by atoms with Crippen LogP contribution in [-0.2, 0) is 13.8 Å². The summed E-state index contributed by atoms with van der Waals surface area (Å²) in [5.41, 5.74) is 0.586. The van der Waals surface area contributed by atoms with Crippen LogP contribution in [0.5, 0.6) is 0 Å². The molecule has 1 atom stereocenters. The molecular weight excluding hydrogens is 435 g/mol. The van der Waals surface area contributed by atoms with E-state index in [0.29, 0.717) is 21.4 Å². The molecule has 0 radical (unpaired) electrons. The van der Waals surface area contributed by atoms with Gasteiger partial charge in [0.1, 0.15) is 6.10 Å². The SMILES string of the molecule is CC1CN(c2ccc(S(=O)(=O)Cl)cc2)C(=O)O1.CNC(=O)c1ccc(Cl)s1. The van der Waals surface area contributed by atoms with Crippen LogP contribution in [0.1, 0.15) is 16.6 Å². The average molecular weight is 451 g/mol. The Labute approximate surface area is 170 Å². The van der Waals surface area contributed by atoms with Gasteiger partial charge in [-0.3, -0.25) is 9.69 Å². The van der Waals surface area contributed by atoms with E-state index in [9.17, 15) is 18.0 Å². The molecule has 2 amide bonds. The molecule has 1 saturated heterocycles. The zero-order valence-corrected chi connectivity index (χ0v) is 17.5. The van der Waals surface area contributed by atoms with Gasteiger partial charge in [0, 0.05) is 23.4 Å². The van der Waals surface area contributed by atoms with Crippen molar-refractivity contribution >= 4 is 60.4 Å². The second-order valence-electron chi connectivity index (χ2n) is 5.42. The van der Waals surface area contributed by atoms with Gasteiger partial charge >= 0.3 is 6.09 Å². The molecule has 0 spiro atoms. The number of nitrogens with zero attached hydrogens (tertiary/aromatic N) is 1. The van der Waals surface area contributed by atoms with Crippen molar-refractivity contribution in [2.24, 2.45) is 0 Å². The molecule has 1 aromatic heterocycles. The number of hydrogen-bond acceptors (Lipinski definition) is 6. The van der Waals surface area contributed by atoms with Gasteiger partial charge in [0.25, 0.3) is 15.0 Å². The Bertz CT molecular complexity index is 929. The lowest BCUT2D eigenvalue weighted by Gasteiger charge is -2.12. The highest BCUT2D eigenvalue weighted by atomic mass is 35.7. The standard InChI is InChI=1S/C10H10ClNO4S.C6H6ClNOS/c1-7-6-12(10(13)16-7)8-2-4-9(5-3-8)17(11,14)15;1-8-6(9)4-2-3-5(7)10-4/h2-5,7H,6H2,1H3;2-3H,1H3,(H,8,9). The highest BCUT2D eigenvalue weighted by molar-refractivity contribution is 8.13. The number of nitrogens with one attached hydrogen (secondary N) is 1. The summed E-state index contributed by atoms with van der Waals surface area (Å²) >= 11 is 6.87. The first kappa shape index (κ1) is 21.5. The second kappa shape index (κ2) is 8.92. The van der Waals surface area contributed by atoms with E-state index in [0.717, 1.165) is 0 Å². The van der Waals surface area contributed by atoms with Crippen LogP contribution in [0.2, 0.25) is 4.34 Å². The molecule has 1 aliphatic rings. The summed E-state index contributed by atoms with van der Waals surface area (Å²) < 4.78 is 27.7. The summed E-state index contributed by atoms with van der Waals surface area (Å²) in [4.78, 5) is 24.4. The first-order valence-electron chi connectivity index (χ1n) is 7.62. The van der Waals surface area contributed by atoms with Crippen LogP contribution >= 0.6 is 33.6 Å². The Morgan fingerprint density at radius 1 is 1.26 bits per heavy atom. The van der Waals surface area contributed by atoms with Crippen molar-refractivity contribution in [3.05, 3.63) is 45.6 Å². The normalized spacial score (nSPS) is 16.4. The monoisotopic (exact) mass is 450 g/mol. The van der Waals surface area contributed by atoms with Crippen LogP contribution in [-0.4, -0.2) is 40.1 Å². The Hall–Kier alpha value is -1.81. The summed E-state index contributed by atoms with van der Waals surface area (Å²) in [6, 6.07) is 9.16. The molecule has 1 aliphatic heterocycles.